The quantitative estimate of drug-likeness (QED) is 0.471. The standard InChI is InChI=1S/C25H22N2O4S/c1-32(29,30)16-21-20-7-3-5-9-23(20)31-24(21)25(28)26-18-10-12-19(13-11-18)27-15-14-17-6-2-4-8-22(17)27/h2-13H,14-16H2,1H3,(H,26,28). The molecule has 4 aromatic rings. The van der Waals surface area contributed by atoms with Gasteiger partial charge in [-0.25, -0.2) is 8.42 Å². The fraction of sp³-hybridized carbons (Fsp3) is 0.160. The third-order valence-electron chi connectivity index (χ3n) is 5.64. The SMILES string of the molecule is CS(=O)(=O)Cc1c(C(=O)Nc2ccc(N3CCc4ccccc43)cc2)oc2ccccc12. The second-order valence-corrected chi connectivity index (χ2v) is 10.1. The molecule has 1 aromatic heterocycles. The van der Waals surface area contributed by atoms with E-state index in [1.807, 2.05) is 30.3 Å². The first-order valence-electron chi connectivity index (χ1n) is 10.3. The Bertz CT molecular complexity index is 1420. The van der Waals surface area contributed by atoms with Crippen molar-refractivity contribution in [2.45, 2.75) is 12.2 Å². The minimum Gasteiger partial charge on any atom is -0.451 e. The van der Waals surface area contributed by atoms with E-state index in [1.165, 1.54) is 11.3 Å². The van der Waals surface area contributed by atoms with Gasteiger partial charge in [-0.1, -0.05) is 36.4 Å². The Kier molecular flexibility index (Phi) is 4.98. The smallest absolute Gasteiger partial charge is 0.291 e. The molecule has 0 saturated heterocycles. The van der Waals surface area contributed by atoms with Crippen molar-refractivity contribution < 1.29 is 17.6 Å². The molecule has 0 aliphatic carbocycles. The van der Waals surface area contributed by atoms with E-state index in [2.05, 4.69) is 28.4 Å². The van der Waals surface area contributed by atoms with E-state index in [-0.39, 0.29) is 11.5 Å². The number of rotatable bonds is 5. The third-order valence-corrected chi connectivity index (χ3v) is 6.45. The lowest BCUT2D eigenvalue weighted by molar-refractivity contribution is 0.0998. The molecule has 1 amide bonds. The van der Waals surface area contributed by atoms with E-state index >= 15 is 0 Å². The van der Waals surface area contributed by atoms with Crippen LogP contribution in [0.5, 0.6) is 0 Å². The van der Waals surface area contributed by atoms with Crippen LogP contribution in [0.4, 0.5) is 17.1 Å². The van der Waals surface area contributed by atoms with Crippen LogP contribution in [-0.2, 0) is 22.0 Å². The summed E-state index contributed by atoms with van der Waals surface area (Å²) in [6.07, 6.45) is 2.15. The molecular weight excluding hydrogens is 424 g/mol. The number of sulfone groups is 1. The minimum atomic E-state index is -3.35. The summed E-state index contributed by atoms with van der Waals surface area (Å²) in [5.41, 5.74) is 5.06. The van der Waals surface area contributed by atoms with Crippen molar-refractivity contribution in [1.82, 2.24) is 0 Å². The van der Waals surface area contributed by atoms with Crippen molar-refractivity contribution in [3.8, 4) is 0 Å². The van der Waals surface area contributed by atoms with Crippen LogP contribution in [0.1, 0.15) is 21.7 Å². The van der Waals surface area contributed by atoms with E-state index < -0.39 is 15.7 Å². The van der Waals surface area contributed by atoms with Gasteiger partial charge in [0.2, 0.25) is 0 Å². The van der Waals surface area contributed by atoms with Gasteiger partial charge < -0.3 is 14.6 Å². The monoisotopic (exact) mass is 446 g/mol. The summed E-state index contributed by atoms with van der Waals surface area (Å²) in [7, 11) is -3.35. The van der Waals surface area contributed by atoms with Crippen molar-refractivity contribution in [3.05, 3.63) is 89.7 Å². The molecule has 1 aliphatic rings. The van der Waals surface area contributed by atoms with Gasteiger partial charge in [-0.3, -0.25) is 4.79 Å². The number of anilines is 3. The molecule has 7 heteroatoms. The van der Waals surface area contributed by atoms with Crippen LogP contribution in [0.15, 0.2) is 77.2 Å². The Balaban J connectivity index is 1.40. The number of carbonyl (C=O) groups is 1. The molecule has 0 fully saturated rings. The Morgan fingerprint density at radius 3 is 2.50 bits per heavy atom. The maximum atomic E-state index is 13.0. The van der Waals surface area contributed by atoms with E-state index in [4.69, 9.17) is 4.42 Å². The number of nitrogens with one attached hydrogen (secondary N) is 1. The van der Waals surface area contributed by atoms with Gasteiger partial charge >= 0.3 is 0 Å². The van der Waals surface area contributed by atoms with E-state index in [0.29, 0.717) is 22.2 Å². The van der Waals surface area contributed by atoms with Gasteiger partial charge in [-0.2, -0.15) is 0 Å². The van der Waals surface area contributed by atoms with Crippen molar-refractivity contribution in [2.75, 3.05) is 23.0 Å². The fourth-order valence-electron chi connectivity index (χ4n) is 4.21. The summed E-state index contributed by atoms with van der Waals surface area (Å²) in [5, 5.41) is 3.47. The lowest BCUT2D eigenvalue weighted by atomic mass is 10.1. The molecule has 32 heavy (non-hydrogen) atoms. The Morgan fingerprint density at radius 2 is 1.72 bits per heavy atom. The van der Waals surface area contributed by atoms with Crippen LogP contribution in [0, 0.1) is 0 Å². The van der Waals surface area contributed by atoms with Crippen LogP contribution in [0.2, 0.25) is 0 Å². The van der Waals surface area contributed by atoms with Crippen molar-refractivity contribution in [1.29, 1.82) is 0 Å². The molecule has 1 aliphatic heterocycles. The van der Waals surface area contributed by atoms with Crippen LogP contribution in [0.3, 0.4) is 0 Å². The van der Waals surface area contributed by atoms with E-state index in [0.717, 1.165) is 24.9 Å². The average Bonchev–Trinajstić information content (AvgIpc) is 3.35. The van der Waals surface area contributed by atoms with E-state index in [9.17, 15) is 13.2 Å². The number of hydrogen-bond acceptors (Lipinski definition) is 5. The van der Waals surface area contributed by atoms with Gasteiger partial charge in [0, 0.05) is 40.8 Å². The van der Waals surface area contributed by atoms with Crippen LogP contribution in [-0.4, -0.2) is 27.1 Å². The Morgan fingerprint density at radius 1 is 1.00 bits per heavy atom. The highest BCUT2D eigenvalue weighted by Crippen LogP contribution is 2.35. The molecule has 5 rings (SSSR count). The first-order chi connectivity index (χ1) is 15.4. The fourth-order valence-corrected chi connectivity index (χ4v) is 5.02. The predicted molar refractivity (Wildman–Crippen MR) is 126 cm³/mol. The lowest BCUT2D eigenvalue weighted by Crippen LogP contribution is -2.15. The molecule has 0 spiro atoms. The summed E-state index contributed by atoms with van der Waals surface area (Å²) in [6.45, 7) is 0.916. The predicted octanol–water partition coefficient (Wildman–Crippen LogP) is 4.92. The number of hydrogen-bond donors (Lipinski definition) is 1. The van der Waals surface area contributed by atoms with Gasteiger partial charge in [0.25, 0.3) is 5.91 Å². The van der Waals surface area contributed by atoms with Gasteiger partial charge in [-0.15, -0.1) is 0 Å². The zero-order chi connectivity index (χ0) is 22.3. The van der Waals surface area contributed by atoms with Crippen molar-refractivity contribution in [2.24, 2.45) is 0 Å². The number of carbonyl (C=O) groups excluding carboxylic acids is 1. The Hall–Kier alpha value is -3.58. The molecule has 6 nitrogen and oxygen atoms in total. The zero-order valence-corrected chi connectivity index (χ0v) is 18.4. The lowest BCUT2D eigenvalue weighted by Gasteiger charge is -2.20. The molecule has 2 heterocycles. The molecule has 162 valence electrons. The molecule has 0 saturated carbocycles. The summed E-state index contributed by atoms with van der Waals surface area (Å²) in [4.78, 5) is 15.2. The maximum Gasteiger partial charge on any atom is 0.291 e. The number of benzene rings is 3. The molecule has 0 radical (unpaired) electrons. The van der Waals surface area contributed by atoms with Crippen molar-refractivity contribution in [3.63, 3.8) is 0 Å². The molecule has 0 atom stereocenters. The zero-order valence-electron chi connectivity index (χ0n) is 17.5. The molecule has 1 N–H and O–H groups in total. The van der Waals surface area contributed by atoms with Crippen LogP contribution in [0.25, 0.3) is 11.0 Å². The van der Waals surface area contributed by atoms with Crippen LogP contribution >= 0.6 is 0 Å². The third kappa shape index (κ3) is 3.87. The highest BCUT2D eigenvalue weighted by Gasteiger charge is 2.24. The van der Waals surface area contributed by atoms with Gasteiger partial charge in [0.05, 0.1) is 5.75 Å². The Labute approximate surface area is 186 Å². The molecule has 0 unspecified atom stereocenters. The van der Waals surface area contributed by atoms with Gasteiger partial charge in [0.1, 0.15) is 5.58 Å². The normalized spacial score (nSPS) is 13.3. The second kappa shape index (κ2) is 7.84. The van der Waals surface area contributed by atoms with Gasteiger partial charge in [0.15, 0.2) is 15.6 Å². The number of para-hydroxylation sites is 2. The summed E-state index contributed by atoms with van der Waals surface area (Å²) in [5.74, 6) is -0.714. The number of fused-ring (bicyclic) bond motifs is 2. The highest BCUT2D eigenvalue weighted by molar-refractivity contribution is 7.89. The molecule has 0 bridgehead atoms. The topological polar surface area (TPSA) is 79.6 Å². The highest BCUT2D eigenvalue weighted by atomic mass is 32.2. The number of furan rings is 1. The second-order valence-electron chi connectivity index (χ2n) is 8.01. The summed E-state index contributed by atoms with van der Waals surface area (Å²) in [6, 6.07) is 23.0. The summed E-state index contributed by atoms with van der Waals surface area (Å²) >= 11 is 0. The van der Waals surface area contributed by atoms with Crippen LogP contribution < -0.4 is 10.2 Å². The van der Waals surface area contributed by atoms with Gasteiger partial charge in [-0.05, 0) is 48.4 Å². The summed E-state index contributed by atoms with van der Waals surface area (Å²) < 4.78 is 29.6. The first kappa shape index (κ1) is 20.3. The van der Waals surface area contributed by atoms with Crippen molar-refractivity contribution >= 4 is 43.8 Å². The first-order valence-corrected chi connectivity index (χ1v) is 12.4. The number of nitrogens with zero attached hydrogens (tertiary/aromatic N) is 1. The van der Waals surface area contributed by atoms with E-state index in [1.54, 1.807) is 24.3 Å². The minimum absolute atomic E-state index is 0.0224. The molecule has 3 aromatic carbocycles. The largest absolute Gasteiger partial charge is 0.451 e. The number of amides is 1. The maximum absolute atomic E-state index is 13.0. The molecular formula is C25H22N2O4S. The average molecular weight is 447 g/mol.